The zero-order chi connectivity index (χ0) is 14.0. The molecule has 1 aromatic heterocycles. The van der Waals surface area contributed by atoms with Crippen molar-refractivity contribution in [3.8, 4) is 0 Å². The third-order valence-electron chi connectivity index (χ3n) is 2.16. The maximum absolute atomic E-state index is 12.1. The summed E-state index contributed by atoms with van der Waals surface area (Å²) in [4.78, 5) is 3.89. The second kappa shape index (κ2) is 5.66. The molecular formula is C11H7BrCl2N2O2S. The molecule has 0 saturated heterocycles. The first-order valence-electron chi connectivity index (χ1n) is 4.98. The van der Waals surface area contributed by atoms with Crippen LogP contribution in [-0.4, -0.2) is 13.4 Å². The van der Waals surface area contributed by atoms with Crippen LogP contribution in [-0.2, 0) is 10.0 Å². The number of halogens is 3. The molecule has 0 aliphatic rings. The number of rotatable bonds is 3. The van der Waals surface area contributed by atoms with Crippen LogP contribution in [0.15, 0.2) is 45.9 Å². The molecule has 1 N–H and O–H groups in total. The number of benzene rings is 1. The van der Waals surface area contributed by atoms with Gasteiger partial charge in [0.15, 0.2) is 5.15 Å². The highest BCUT2D eigenvalue weighted by molar-refractivity contribution is 9.10. The number of aromatic nitrogens is 1. The fraction of sp³-hybridized carbons (Fsp3) is 0. The van der Waals surface area contributed by atoms with Crippen LogP contribution in [0.1, 0.15) is 0 Å². The molecule has 4 nitrogen and oxygen atoms in total. The second-order valence-corrected chi connectivity index (χ2v) is 6.95. The number of anilines is 1. The molecule has 0 amide bonds. The standard InChI is InChI=1S/C11H7BrCl2N2O2S/c12-7-4-10(11(14)15-6-7)16-19(17,18)9-3-1-2-8(13)5-9/h1-6,16H. The lowest BCUT2D eigenvalue weighted by Crippen LogP contribution is -2.13. The van der Waals surface area contributed by atoms with Crippen molar-refractivity contribution < 1.29 is 8.42 Å². The molecular weight excluding hydrogens is 375 g/mol. The van der Waals surface area contributed by atoms with Gasteiger partial charge >= 0.3 is 0 Å². The lowest BCUT2D eigenvalue weighted by Gasteiger charge is -2.09. The topological polar surface area (TPSA) is 59.1 Å². The van der Waals surface area contributed by atoms with E-state index < -0.39 is 10.0 Å². The molecule has 0 unspecified atom stereocenters. The minimum absolute atomic E-state index is 0.0519. The monoisotopic (exact) mass is 380 g/mol. The number of sulfonamides is 1. The first kappa shape index (κ1) is 14.6. The molecule has 0 fully saturated rings. The third kappa shape index (κ3) is 3.60. The summed E-state index contributed by atoms with van der Waals surface area (Å²) in [5.74, 6) is 0. The molecule has 1 aromatic carbocycles. The highest BCUT2D eigenvalue weighted by atomic mass is 79.9. The normalized spacial score (nSPS) is 11.3. The number of pyridine rings is 1. The molecule has 1 heterocycles. The summed E-state index contributed by atoms with van der Waals surface area (Å²) in [5.41, 5.74) is 0.191. The molecule has 8 heteroatoms. The predicted octanol–water partition coefficient (Wildman–Crippen LogP) is 3.95. The van der Waals surface area contributed by atoms with Crippen LogP contribution in [0.3, 0.4) is 0 Å². The average Bonchev–Trinajstić information content (AvgIpc) is 2.33. The van der Waals surface area contributed by atoms with Crippen molar-refractivity contribution >= 4 is 54.8 Å². The average molecular weight is 382 g/mol. The van der Waals surface area contributed by atoms with Gasteiger partial charge in [-0.25, -0.2) is 13.4 Å². The molecule has 0 atom stereocenters. The largest absolute Gasteiger partial charge is 0.276 e. The Labute approximate surface area is 128 Å². The summed E-state index contributed by atoms with van der Waals surface area (Å²) < 4.78 is 27.3. The van der Waals surface area contributed by atoms with Crippen molar-refractivity contribution in [3.05, 3.63) is 51.2 Å². The Morgan fingerprint density at radius 2 is 1.95 bits per heavy atom. The lowest BCUT2D eigenvalue weighted by atomic mass is 10.4. The number of nitrogens with zero attached hydrogens (tertiary/aromatic N) is 1. The van der Waals surface area contributed by atoms with Crippen molar-refractivity contribution in [1.82, 2.24) is 4.98 Å². The van der Waals surface area contributed by atoms with E-state index >= 15 is 0 Å². The van der Waals surface area contributed by atoms with E-state index in [2.05, 4.69) is 25.6 Å². The third-order valence-corrected chi connectivity index (χ3v) is 4.49. The maximum Gasteiger partial charge on any atom is 0.262 e. The van der Waals surface area contributed by atoms with Gasteiger partial charge in [-0.2, -0.15) is 0 Å². The van der Waals surface area contributed by atoms with Gasteiger partial charge in [-0.1, -0.05) is 29.3 Å². The molecule has 2 aromatic rings. The lowest BCUT2D eigenvalue weighted by molar-refractivity contribution is 0.601. The summed E-state index contributed by atoms with van der Waals surface area (Å²) in [5, 5.41) is 0.398. The van der Waals surface area contributed by atoms with E-state index in [9.17, 15) is 8.42 Å². The Hall–Kier alpha value is -0.820. The van der Waals surface area contributed by atoms with E-state index in [1.54, 1.807) is 12.1 Å². The van der Waals surface area contributed by atoms with Gasteiger partial charge in [0.1, 0.15) is 0 Å². The number of nitrogens with one attached hydrogen (secondary N) is 1. The van der Waals surface area contributed by atoms with Crippen molar-refractivity contribution in [2.75, 3.05) is 4.72 Å². The van der Waals surface area contributed by atoms with Crippen molar-refractivity contribution in [2.45, 2.75) is 4.90 Å². The molecule has 0 saturated carbocycles. The number of hydrogen-bond acceptors (Lipinski definition) is 3. The molecule has 0 bridgehead atoms. The first-order chi connectivity index (χ1) is 8.88. The maximum atomic E-state index is 12.1. The first-order valence-corrected chi connectivity index (χ1v) is 8.01. The molecule has 100 valence electrons. The van der Waals surface area contributed by atoms with E-state index in [4.69, 9.17) is 23.2 Å². The molecule has 0 aliphatic heterocycles. The summed E-state index contributed by atoms with van der Waals surface area (Å²) in [6.07, 6.45) is 1.47. The Morgan fingerprint density at radius 1 is 1.21 bits per heavy atom. The SMILES string of the molecule is O=S(=O)(Nc1cc(Br)cnc1Cl)c1cccc(Cl)c1. The van der Waals surface area contributed by atoms with Gasteiger partial charge in [-0.3, -0.25) is 4.72 Å². The van der Waals surface area contributed by atoms with E-state index in [-0.39, 0.29) is 15.7 Å². The molecule has 2 rings (SSSR count). The van der Waals surface area contributed by atoms with Crippen molar-refractivity contribution in [3.63, 3.8) is 0 Å². The van der Waals surface area contributed by atoms with E-state index in [1.165, 1.54) is 24.4 Å². The zero-order valence-corrected chi connectivity index (χ0v) is 13.2. The summed E-state index contributed by atoms with van der Waals surface area (Å²) in [6.45, 7) is 0. The minimum Gasteiger partial charge on any atom is -0.276 e. The van der Waals surface area contributed by atoms with E-state index in [0.29, 0.717) is 9.50 Å². The Morgan fingerprint density at radius 3 is 2.63 bits per heavy atom. The fourth-order valence-corrected chi connectivity index (χ4v) is 3.23. The molecule has 0 radical (unpaired) electrons. The highest BCUT2D eigenvalue weighted by Gasteiger charge is 2.16. The van der Waals surface area contributed by atoms with Crippen LogP contribution in [0.25, 0.3) is 0 Å². The van der Waals surface area contributed by atoms with Gasteiger partial charge < -0.3 is 0 Å². The van der Waals surface area contributed by atoms with Gasteiger partial charge in [-0.15, -0.1) is 0 Å². The highest BCUT2D eigenvalue weighted by Crippen LogP contribution is 2.26. The van der Waals surface area contributed by atoms with Gasteiger partial charge in [0, 0.05) is 15.7 Å². The summed E-state index contributed by atoms with van der Waals surface area (Å²) in [7, 11) is -3.75. The smallest absolute Gasteiger partial charge is 0.262 e. The Balaban J connectivity index is 2.39. The van der Waals surface area contributed by atoms with Crippen molar-refractivity contribution in [1.29, 1.82) is 0 Å². The van der Waals surface area contributed by atoms with Crippen LogP contribution in [0.5, 0.6) is 0 Å². The van der Waals surface area contributed by atoms with Gasteiger partial charge in [0.25, 0.3) is 10.0 Å². The van der Waals surface area contributed by atoms with E-state index in [1.807, 2.05) is 0 Å². The molecule has 0 aliphatic carbocycles. The quantitative estimate of drug-likeness (QED) is 0.818. The van der Waals surface area contributed by atoms with Gasteiger partial charge in [0.2, 0.25) is 0 Å². The second-order valence-electron chi connectivity index (χ2n) is 3.55. The van der Waals surface area contributed by atoms with Gasteiger partial charge in [0.05, 0.1) is 10.6 Å². The van der Waals surface area contributed by atoms with E-state index in [0.717, 1.165) is 0 Å². The van der Waals surface area contributed by atoms with Crippen LogP contribution < -0.4 is 4.72 Å². The van der Waals surface area contributed by atoms with Gasteiger partial charge in [-0.05, 0) is 40.2 Å². The Bertz CT molecular complexity index is 722. The van der Waals surface area contributed by atoms with Crippen LogP contribution in [0, 0.1) is 0 Å². The molecule has 0 spiro atoms. The van der Waals surface area contributed by atoms with Crippen LogP contribution in [0.2, 0.25) is 10.2 Å². The number of hydrogen-bond donors (Lipinski definition) is 1. The fourth-order valence-electron chi connectivity index (χ4n) is 1.33. The minimum atomic E-state index is -3.75. The summed E-state index contributed by atoms with van der Waals surface area (Å²) in [6, 6.07) is 7.46. The van der Waals surface area contributed by atoms with Crippen LogP contribution >= 0.6 is 39.1 Å². The van der Waals surface area contributed by atoms with Crippen LogP contribution in [0.4, 0.5) is 5.69 Å². The predicted molar refractivity (Wildman–Crippen MR) is 79.2 cm³/mol. The summed E-state index contributed by atoms with van der Waals surface area (Å²) >= 11 is 14.8. The Kier molecular flexibility index (Phi) is 4.35. The van der Waals surface area contributed by atoms with Crippen molar-refractivity contribution in [2.24, 2.45) is 0 Å². The molecule has 19 heavy (non-hydrogen) atoms. The zero-order valence-electron chi connectivity index (χ0n) is 9.27.